The third-order valence-electron chi connectivity index (χ3n) is 7.74. The predicted molar refractivity (Wildman–Crippen MR) is 114 cm³/mol. The van der Waals surface area contributed by atoms with Crippen LogP contribution in [0.15, 0.2) is 48.0 Å². The van der Waals surface area contributed by atoms with Gasteiger partial charge in [0, 0.05) is 11.8 Å². The molecule has 0 bridgehead atoms. The van der Waals surface area contributed by atoms with E-state index >= 15 is 0 Å². The predicted octanol–water partition coefficient (Wildman–Crippen LogP) is 2.99. The van der Waals surface area contributed by atoms with E-state index in [-0.39, 0.29) is 0 Å². The molecule has 0 heterocycles. The van der Waals surface area contributed by atoms with Crippen LogP contribution in [0.4, 0.5) is 0 Å². The van der Waals surface area contributed by atoms with Gasteiger partial charge in [0.05, 0.1) is 19.6 Å². The van der Waals surface area contributed by atoms with Crippen LogP contribution in [0.1, 0.15) is 25.7 Å². The van der Waals surface area contributed by atoms with Crippen LogP contribution in [-0.2, 0) is 8.85 Å². The molecular formula is C20H32O2Si3. The first-order valence-electron chi connectivity index (χ1n) is 9.92. The topological polar surface area (TPSA) is 18.5 Å². The van der Waals surface area contributed by atoms with Gasteiger partial charge in [-0.1, -0.05) is 50.2 Å². The zero-order valence-electron chi connectivity index (χ0n) is 16.1. The molecule has 6 unspecified atom stereocenters. The van der Waals surface area contributed by atoms with Crippen LogP contribution in [-0.4, -0.2) is 29.0 Å². The van der Waals surface area contributed by atoms with E-state index in [4.69, 9.17) is 8.85 Å². The fourth-order valence-electron chi connectivity index (χ4n) is 6.50. The zero-order valence-corrected chi connectivity index (χ0v) is 21.1. The maximum Gasteiger partial charge on any atom is 0.203 e. The van der Waals surface area contributed by atoms with Gasteiger partial charge in [-0.25, -0.2) is 0 Å². The summed E-state index contributed by atoms with van der Waals surface area (Å²) in [6.45, 7) is 5.38. The van der Waals surface area contributed by atoms with Gasteiger partial charge in [-0.3, -0.25) is 0 Å². The molecule has 0 aromatic heterocycles. The number of hydrogen-bond acceptors (Lipinski definition) is 2. The van der Waals surface area contributed by atoms with Crippen LogP contribution in [0.2, 0.25) is 24.2 Å². The molecule has 0 N–H and O–H groups in total. The summed E-state index contributed by atoms with van der Waals surface area (Å²) in [5, 5.41) is 0. The molecule has 136 valence electrons. The second kappa shape index (κ2) is 6.74. The van der Waals surface area contributed by atoms with Crippen molar-refractivity contribution in [2.75, 3.05) is 0 Å². The third kappa shape index (κ3) is 2.79. The maximum absolute atomic E-state index is 5.84. The van der Waals surface area contributed by atoms with Crippen molar-refractivity contribution in [1.82, 2.24) is 0 Å². The Morgan fingerprint density at radius 1 is 0.800 bits per heavy atom. The average Bonchev–Trinajstić information content (AvgIpc) is 3.25. The Labute approximate surface area is 159 Å². The van der Waals surface area contributed by atoms with Crippen molar-refractivity contribution in [3.63, 3.8) is 0 Å². The molecule has 2 saturated carbocycles. The van der Waals surface area contributed by atoms with Crippen LogP contribution in [0.25, 0.3) is 0 Å². The highest BCUT2D eigenvalue weighted by atomic mass is 28.3. The largest absolute Gasteiger partial charge is 0.556 e. The summed E-state index contributed by atoms with van der Waals surface area (Å²) < 4.78 is 11.7. The third-order valence-corrected chi connectivity index (χ3v) is 13.8. The van der Waals surface area contributed by atoms with E-state index in [1.807, 2.05) is 0 Å². The first-order valence-corrected chi connectivity index (χ1v) is 14.7. The second-order valence-corrected chi connectivity index (χ2v) is 14.8. The molecule has 0 amide bonds. The number of hydrogen-bond donors (Lipinski definition) is 0. The second-order valence-electron chi connectivity index (χ2n) is 8.87. The molecule has 2 fully saturated rings. The van der Waals surface area contributed by atoms with Gasteiger partial charge in [-0.15, -0.1) is 0 Å². The first-order chi connectivity index (χ1) is 12.1. The van der Waals surface area contributed by atoms with Gasteiger partial charge in [-0.05, 0) is 47.9 Å². The highest BCUT2D eigenvalue weighted by molar-refractivity contribution is 6.80. The molecule has 5 heteroatoms. The van der Waals surface area contributed by atoms with Crippen LogP contribution >= 0.6 is 0 Å². The van der Waals surface area contributed by atoms with Crippen molar-refractivity contribution in [2.45, 2.75) is 49.9 Å². The van der Waals surface area contributed by atoms with Crippen molar-refractivity contribution in [2.24, 2.45) is 23.7 Å². The van der Waals surface area contributed by atoms with Crippen molar-refractivity contribution >= 4 is 29.0 Å². The lowest BCUT2D eigenvalue weighted by Crippen LogP contribution is -2.42. The summed E-state index contributed by atoms with van der Waals surface area (Å²) in [4.78, 5) is 0. The first kappa shape index (κ1) is 17.6. The summed E-state index contributed by atoms with van der Waals surface area (Å²) in [5.41, 5.74) is 1.80. The molecule has 6 atom stereocenters. The fraction of sp³-hybridized carbons (Fsp3) is 0.600. The highest BCUT2D eigenvalue weighted by Crippen LogP contribution is 2.60. The lowest BCUT2D eigenvalue weighted by atomic mass is 9.89. The van der Waals surface area contributed by atoms with Crippen molar-refractivity contribution < 1.29 is 8.85 Å². The Morgan fingerprint density at radius 2 is 1.24 bits per heavy atom. The van der Waals surface area contributed by atoms with Crippen molar-refractivity contribution in [3.05, 3.63) is 48.0 Å². The quantitative estimate of drug-likeness (QED) is 0.689. The molecule has 0 radical (unpaired) electrons. The molecule has 0 aromatic carbocycles. The maximum atomic E-state index is 5.84. The molecule has 0 aliphatic heterocycles. The van der Waals surface area contributed by atoms with E-state index in [1.165, 1.54) is 37.2 Å². The van der Waals surface area contributed by atoms with Crippen molar-refractivity contribution in [3.8, 4) is 0 Å². The molecule has 4 aliphatic carbocycles. The molecule has 2 nitrogen and oxygen atoms in total. The summed E-state index contributed by atoms with van der Waals surface area (Å²) in [6.07, 6.45) is 19.5. The normalized spacial score (nSPS) is 39.8. The van der Waals surface area contributed by atoms with E-state index in [0.29, 0.717) is 11.8 Å². The van der Waals surface area contributed by atoms with E-state index in [0.717, 1.165) is 43.9 Å². The van der Waals surface area contributed by atoms with Gasteiger partial charge < -0.3 is 8.85 Å². The Balaban J connectivity index is 1.57. The standard InChI is InChI=1S/C20H32O2Si3/c1-25(2,19-11-9-13-15(19)5-3-7-17(13)21-23)20-12-10-14-16(20)6-4-8-18(14)22-24/h3-8,13-16,19-20H,9-12H2,1-2,23-24H3. The molecule has 0 spiro atoms. The summed E-state index contributed by atoms with van der Waals surface area (Å²) in [6, 6.07) is 0. The lowest BCUT2D eigenvalue weighted by Gasteiger charge is -2.43. The number of rotatable bonds is 4. The Kier molecular flexibility index (Phi) is 4.75. The number of allylic oxidation sites excluding steroid dienone is 8. The van der Waals surface area contributed by atoms with E-state index in [1.54, 1.807) is 0 Å². The lowest BCUT2D eigenvalue weighted by molar-refractivity contribution is 0.336. The molecule has 0 aromatic rings. The highest BCUT2D eigenvalue weighted by Gasteiger charge is 2.53. The smallest absolute Gasteiger partial charge is 0.203 e. The van der Waals surface area contributed by atoms with Crippen LogP contribution in [0.5, 0.6) is 0 Å². The monoisotopic (exact) mass is 388 g/mol. The minimum atomic E-state index is -1.38. The van der Waals surface area contributed by atoms with Gasteiger partial charge in [0.25, 0.3) is 0 Å². The Morgan fingerprint density at radius 3 is 1.64 bits per heavy atom. The van der Waals surface area contributed by atoms with Crippen LogP contribution in [0.3, 0.4) is 0 Å². The van der Waals surface area contributed by atoms with Crippen molar-refractivity contribution in [1.29, 1.82) is 0 Å². The van der Waals surface area contributed by atoms with Gasteiger partial charge in [0.15, 0.2) is 0 Å². The number of fused-ring (bicyclic) bond motifs is 2. The molecule has 4 aliphatic rings. The summed E-state index contributed by atoms with van der Waals surface area (Å²) >= 11 is 0. The minimum absolute atomic E-state index is 0.666. The molecular weight excluding hydrogens is 356 g/mol. The van der Waals surface area contributed by atoms with Gasteiger partial charge in [-0.2, -0.15) is 0 Å². The molecule has 25 heavy (non-hydrogen) atoms. The fourth-order valence-corrected chi connectivity index (χ4v) is 12.4. The van der Waals surface area contributed by atoms with E-state index < -0.39 is 8.07 Å². The molecule has 4 rings (SSSR count). The molecule has 0 saturated heterocycles. The summed E-state index contributed by atoms with van der Waals surface area (Å²) in [7, 11) is 0.246. The van der Waals surface area contributed by atoms with Crippen LogP contribution in [0, 0.1) is 23.7 Å². The van der Waals surface area contributed by atoms with Gasteiger partial charge in [0.1, 0.15) is 0 Å². The van der Waals surface area contributed by atoms with Gasteiger partial charge >= 0.3 is 0 Å². The minimum Gasteiger partial charge on any atom is -0.556 e. The SMILES string of the molecule is C[Si](C)(C1CCC2C(O[SiH3])=CC=CC21)C1CCC2C(O[SiH3])=CC=CC21. The average molecular weight is 389 g/mol. The summed E-state index contributed by atoms with van der Waals surface area (Å²) in [5.74, 6) is 5.35. The van der Waals surface area contributed by atoms with E-state index in [2.05, 4.69) is 49.6 Å². The van der Waals surface area contributed by atoms with E-state index in [9.17, 15) is 0 Å². The van der Waals surface area contributed by atoms with Crippen LogP contribution < -0.4 is 0 Å². The van der Waals surface area contributed by atoms with Gasteiger partial charge in [0.2, 0.25) is 21.0 Å². The Bertz CT molecular complexity index is 595. The Hall–Kier alpha value is -0.789. The zero-order chi connectivity index (χ0) is 17.6.